The van der Waals surface area contributed by atoms with Crippen LogP contribution >= 0.6 is 11.6 Å². The third kappa shape index (κ3) is 5.89. The number of ether oxygens (including phenoxy) is 1. The maximum Gasteiger partial charge on any atom is 0.419 e. The molecule has 1 fully saturated rings. The van der Waals surface area contributed by atoms with E-state index in [1.807, 2.05) is 6.08 Å². The Kier molecular flexibility index (Phi) is 8.62. The number of hydrogen-bond donors (Lipinski definition) is 2. The van der Waals surface area contributed by atoms with Crippen molar-refractivity contribution < 1.29 is 37.0 Å². The summed E-state index contributed by atoms with van der Waals surface area (Å²) in [6, 6.07) is 4.29. The van der Waals surface area contributed by atoms with E-state index in [4.69, 9.17) is 16.3 Å². The number of carbonyl (C=O) groups excluding carboxylic acids is 2. The van der Waals surface area contributed by atoms with Crippen LogP contribution < -0.4 is 10.9 Å². The minimum Gasteiger partial charge on any atom is -0.505 e. The standard InChI is InChI=1S/C33H30ClF4N7O5/c34-25-20(6-5-19(26(25)35)33(36,37)38)40-23(47)17-44-21-3-1-9-32(10-13-43(14-11-32)30(49)27-22(46)4-2-12-39-27)24(21)29(48)45-31(44)41-28(42-45)18-7-15-50-16-8-18/h2,4-7,12,46H,1,3,8-11,13-17H2,(H,40,47). The number of halogens is 5. The Labute approximate surface area is 286 Å². The molecule has 1 aliphatic carbocycles. The molecule has 2 amide bonds. The zero-order valence-corrected chi connectivity index (χ0v) is 27.2. The van der Waals surface area contributed by atoms with Crippen molar-refractivity contribution in [2.24, 2.45) is 0 Å². The summed E-state index contributed by atoms with van der Waals surface area (Å²) in [4.78, 5) is 51.4. The van der Waals surface area contributed by atoms with Crippen molar-refractivity contribution in [1.29, 1.82) is 0 Å². The Balaban J connectivity index is 1.27. The van der Waals surface area contributed by atoms with Gasteiger partial charge >= 0.3 is 6.18 Å². The summed E-state index contributed by atoms with van der Waals surface area (Å²) in [5.74, 6) is -2.74. The topological polar surface area (TPSA) is 144 Å². The molecule has 17 heteroatoms. The molecule has 12 nitrogen and oxygen atoms in total. The highest BCUT2D eigenvalue weighted by molar-refractivity contribution is 6.34. The van der Waals surface area contributed by atoms with Crippen LogP contribution in [0.1, 0.15) is 65.2 Å². The summed E-state index contributed by atoms with van der Waals surface area (Å²) >= 11 is 5.92. The number of amides is 2. The molecule has 262 valence electrons. The van der Waals surface area contributed by atoms with E-state index >= 15 is 0 Å². The average molecular weight is 716 g/mol. The second kappa shape index (κ2) is 12.8. The number of aromatic hydroxyl groups is 1. The van der Waals surface area contributed by atoms with Crippen LogP contribution in [-0.4, -0.2) is 72.3 Å². The van der Waals surface area contributed by atoms with Gasteiger partial charge in [-0.05, 0) is 68.4 Å². The first-order valence-electron chi connectivity index (χ1n) is 16.0. The molecule has 50 heavy (non-hydrogen) atoms. The molecule has 0 saturated carbocycles. The van der Waals surface area contributed by atoms with Crippen molar-refractivity contribution in [2.75, 3.05) is 31.6 Å². The number of pyridine rings is 1. The van der Waals surface area contributed by atoms with Gasteiger partial charge in [0.1, 0.15) is 17.3 Å². The van der Waals surface area contributed by atoms with Gasteiger partial charge in [0.2, 0.25) is 11.7 Å². The molecule has 5 heterocycles. The minimum atomic E-state index is -4.98. The van der Waals surface area contributed by atoms with Crippen LogP contribution in [-0.2, 0) is 34.1 Å². The van der Waals surface area contributed by atoms with Gasteiger partial charge in [0.15, 0.2) is 17.3 Å². The highest BCUT2D eigenvalue weighted by Gasteiger charge is 2.45. The molecule has 0 atom stereocenters. The first-order chi connectivity index (χ1) is 23.9. The molecular formula is C33H30ClF4N7O5. The number of benzene rings is 1. The fourth-order valence-electron chi connectivity index (χ4n) is 7.19. The molecule has 3 aromatic heterocycles. The lowest BCUT2D eigenvalue weighted by molar-refractivity contribution is -0.139. The van der Waals surface area contributed by atoms with E-state index in [9.17, 15) is 37.1 Å². The van der Waals surface area contributed by atoms with Crippen molar-refractivity contribution in [3.8, 4) is 5.75 Å². The van der Waals surface area contributed by atoms with E-state index in [1.54, 1.807) is 9.47 Å². The molecule has 0 radical (unpaired) electrons. The van der Waals surface area contributed by atoms with Gasteiger partial charge in [-0.2, -0.15) is 22.7 Å². The summed E-state index contributed by atoms with van der Waals surface area (Å²) in [6.45, 7) is 0.890. The molecule has 1 spiro atoms. The van der Waals surface area contributed by atoms with Crippen molar-refractivity contribution in [3.05, 3.63) is 86.1 Å². The molecule has 7 rings (SSSR count). The lowest BCUT2D eigenvalue weighted by atomic mass is 9.66. The van der Waals surface area contributed by atoms with Crippen LogP contribution in [0.2, 0.25) is 5.02 Å². The number of aromatic nitrogens is 5. The molecule has 1 saturated heterocycles. The van der Waals surface area contributed by atoms with Crippen LogP contribution in [0, 0.1) is 5.82 Å². The van der Waals surface area contributed by atoms with Crippen LogP contribution in [0.25, 0.3) is 11.4 Å². The number of rotatable bonds is 5. The lowest BCUT2D eigenvalue weighted by Gasteiger charge is -2.45. The summed E-state index contributed by atoms with van der Waals surface area (Å²) in [5, 5.41) is 16.3. The molecule has 2 aliphatic heterocycles. The zero-order chi connectivity index (χ0) is 35.4. The summed E-state index contributed by atoms with van der Waals surface area (Å²) in [5.41, 5.74) is -1.28. The molecular weight excluding hydrogens is 686 g/mol. The number of fused-ring (bicyclic) bond motifs is 3. The molecule has 3 aliphatic rings. The van der Waals surface area contributed by atoms with Gasteiger partial charge in [0, 0.05) is 36.0 Å². The first-order valence-corrected chi connectivity index (χ1v) is 16.3. The second-order valence-corrected chi connectivity index (χ2v) is 12.9. The van der Waals surface area contributed by atoms with Gasteiger partial charge in [0.05, 0.1) is 24.5 Å². The van der Waals surface area contributed by atoms with E-state index in [2.05, 4.69) is 20.4 Å². The third-order valence-corrected chi connectivity index (χ3v) is 10.0. The fraction of sp³-hybridized carbons (Fsp3) is 0.394. The number of nitrogens with zero attached hydrogens (tertiary/aromatic N) is 6. The van der Waals surface area contributed by atoms with Crippen LogP contribution in [0.3, 0.4) is 0 Å². The van der Waals surface area contributed by atoms with Crippen LogP contribution in [0.15, 0.2) is 41.3 Å². The summed E-state index contributed by atoms with van der Waals surface area (Å²) < 4.78 is 62.4. The third-order valence-electron chi connectivity index (χ3n) is 9.66. The average Bonchev–Trinajstić information content (AvgIpc) is 3.55. The van der Waals surface area contributed by atoms with Crippen molar-refractivity contribution in [1.82, 2.24) is 29.0 Å². The maximum absolute atomic E-state index is 14.6. The normalized spacial score (nSPS) is 17.5. The van der Waals surface area contributed by atoms with Gasteiger partial charge in [-0.25, -0.2) is 9.37 Å². The van der Waals surface area contributed by atoms with E-state index < -0.39 is 51.9 Å². The second-order valence-electron chi connectivity index (χ2n) is 12.5. The highest BCUT2D eigenvalue weighted by atomic mass is 35.5. The molecule has 0 unspecified atom stereocenters. The number of anilines is 1. The number of hydrogen-bond acceptors (Lipinski definition) is 8. The van der Waals surface area contributed by atoms with Crippen LogP contribution in [0.4, 0.5) is 23.2 Å². The van der Waals surface area contributed by atoms with Crippen molar-refractivity contribution in [2.45, 2.75) is 56.7 Å². The quantitative estimate of drug-likeness (QED) is 0.282. The molecule has 1 aromatic carbocycles. The number of likely N-dealkylation sites (tertiary alicyclic amines) is 1. The predicted octanol–water partition coefficient (Wildman–Crippen LogP) is 4.76. The Morgan fingerprint density at radius 3 is 2.60 bits per heavy atom. The first kappa shape index (κ1) is 33.7. The van der Waals surface area contributed by atoms with Gasteiger partial charge in [-0.1, -0.05) is 17.7 Å². The Hall–Kier alpha value is -4.83. The van der Waals surface area contributed by atoms with Crippen molar-refractivity contribution >= 4 is 40.5 Å². The Morgan fingerprint density at radius 2 is 1.90 bits per heavy atom. The summed E-state index contributed by atoms with van der Waals surface area (Å²) in [6.07, 6.45) is 1.28. The van der Waals surface area contributed by atoms with Gasteiger partial charge in [-0.15, -0.1) is 5.10 Å². The molecule has 0 bridgehead atoms. The predicted molar refractivity (Wildman–Crippen MR) is 171 cm³/mol. The Bertz CT molecular complexity index is 2120. The zero-order valence-electron chi connectivity index (χ0n) is 26.4. The number of nitrogens with one attached hydrogen (secondary N) is 1. The van der Waals surface area contributed by atoms with Gasteiger partial charge < -0.3 is 24.6 Å². The number of alkyl halides is 3. The SMILES string of the molecule is O=C(Cn1c2c(c(=O)n3nc(C4=CCOCC4)nc13)C1(CCC2)CCN(C(=O)c2ncccc2O)CC1)Nc1ccc(C(F)(F)F)c(F)c1Cl. The Morgan fingerprint density at radius 1 is 1.12 bits per heavy atom. The number of piperidine rings is 1. The van der Waals surface area contributed by atoms with E-state index in [0.717, 1.165) is 11.6 Å². The minimum absolute atomic E-state index is 0.0619. The van der Waals surface area contributed by atoms with Crippen molar-refractivity contribution in [3.63, 3.8) is 0 Å². The smallest absolute Gasteiger partial charge is 0.419 e. The van der Waals surface area contributed by atoms with E-state index in [-0.39, 0.29) is 36.0 Å². The summed E-state index contributed by atoms with van der Waals surface area (Å²) in [7, 11) is 0. The van der Waals surface area contributed by atoms with Crippen LogP contribution in [0.5, 0.6) is 5.75 Å². The largest absolute Gasteiger partial charge is 0.505 e. The van der Waals surface area contributed by atoms with Gasteiger partial charge in [-0.3, -0.25) is 14.4 Å². The monoisotopic (exact) mass is 715 g/mol. The maximum atomic E-state index is 14.6. The lowest BCUT2D eigenvalue weighted by Crippen LogP contribution is -2.50. The number of carbonyl (C=O) groups is 2. The van der Waals surface area contributed by atoms with E-state index in [1.165, 1.54) is 22.8 Å². The molecule has 4 aromatic rings. The molecule has 2 N–H and O–H groups in total. The van der Waals surface area contributed by atoms with E-state index in [0.29, 0.717) is 74.9 Å². The highest BCUT2D eigenvalue weighted by Crippen LogP contribution is 2.44. The van der Waals surface area contributed by atoms with Gasteiger partial charge in [0.25, 0.3) is 11.5 Å². The fourth-order valence-corrected chi connectivity index (χ4v) is 7.40.